The summed E-state index contributed by atoms with van der Waals surface area (Å²) in [7, 11) is 0. The van der Waals surface area contributed by atoms with Crippen LogP contribution in [0.2, 0.25) is 5.02 Å². The average molecular weight is 368 g/mol. The second-order valence-electron chi connectivity index (χ2n) is 6.04. The molecule has 25 heavy (non-hydrogen) atoms. The molecule has 0 fully saturated rings. The van der Waals surface area contributed by atoms with Crippen molar-refractivity contribution in [1.82, 2.24) is 4.98 Å². The van der Waals surface area contributed by atoms with E-state index in [0.717, 1.165) is 31.9 Å². The van der Waals surface area contributed by atoms with E-state index in [1.54, 1.807) is 0 Å². The number of fused-ring (bicyclic) bond motifs is 3. The number of aromatic nitrogens is 1. The molecule has 0 radical (unpaired) electrons. The normalized spacial score (nSPS) is 16.5. The monoisotopic (exact) mass is 367 g/mol. The molecule has 2 aromatic heterocycles. The van der Waals surface area contributed by atoms with E-state index in [2.05, 4.69) is 11.1 Å². The van der Waals surface area contributed by atoms with Crippen molar-refractivity contribution < 1.29 is 4.74 Å². The predicted octanol–water partition coefficient (Wildman–Crippen LogP) is 4.78. The van der Waals surface area contributed by atoms with Crippen LogP contribution in [0.3, 0.4) is 0 Å². The number of hydrogen-bond donors (Lipinski definition) is 1. The third-order valence-electron chi connectivity index (χ3n) is 4.30. The highest BCUT2D eigenvalue weighted by molar-refractivity contribution is 7.19. The summed E-state index contributed by atoms with van der Waals surface area (Å²) in [6.07, 6.45) is 0. The molecule has 1 aliphatic heterocycles. The van der Waals surface area contributed by atoms with Crippen molar-refractivity contribution >= 4 is 33.2 Å². The Morgan fingerprint density at radius 3 is 2.84 bits per heavy atom. The van der Waals surface area contributed by atoms with Crippen molar-refractivity contribution in [2.24, 2.45) is 5.73 Å². The standard InChI is InChI=1S/C19H14ClN3OS/c1-9-6-10(2)23-19-14(9)16-17(25-19)15(13(8-21)18(22)24-16)11-4-3-5-12(20)7-11/h3-7,15H,22H2,1-2H3. The molecule has 2 N–H and O–H groups in total. The lowest BCUT2D eigenvalue weighted by molar-refractivity contribution is 0.401. The highest BCUT2D eigenvalue weighted by Gasteiger charge is 2.34. The molecule has 0 saturated carbocycles. The van der Waals surface area contributed by atoms with Crippen LogP contribution >= 0.6 is 22.9 Å². The van der Waals surface area contributed by atoms with Gasteiger partial charge in [0.2, 0.25) is 5.88 Å². The number of hydrogen-bond acceptors (Lipinski definition) is 5. The number of nitrogens with zero attached hydrogens (tertiary/aromatic N) is 2. The molecule has 4 rings (SSSR count). The van der Waals surface area contributed by atoms with Gasteiger partial charge < -0.3 is 10.5 Å². The van der Waals surface area contributed by atoms with E-state index < -0.39 is 0 Å². The molecule has 0 spiro atoms. The molecule has 0 aliphatic carbocycles. The summed E-state index contributed by atoms with van der Waals surface area (Å²) < 4.78 is 5.86. The number of benzene rings is 1. The average Bonchev–Trinajstić information content (AvgIpc) is 2.91. The van der Waals surface area contributed by atoms with Crippen LogP contribution in [0, 0.1) is 25.2 Å². The van der Waals surface area contributed by atoms with Crippen molar-refractivity contribution in [3.8, 4) is 11.8 Å². The molecule has 0 bridgehead atoms. The summed E-state index contributed by atoms with van der Waals surface area (Å²) in [4.78, 5) is 6.46. The Balaban J connectivity index is 2.04. The number of allylic oxidation sites excluding steroid dienone is 1. The zero-order valence-corrected chi connectivity index (χ0v) is 15.2. The van der Waals surface area contributed by atoms with E-state index in [0.29, 0.717) is 16.3 Å². The number of ether oxygens (including phenoxy) is 1. The quantitative estimate of drug-likeness (QED) is 0.671. The molecule has 3 heterocycles. The van der Waals surface area contributed by atoms with E-state index in [4.69, 9.17) is 22.1 Å². The number of rotatable bonds is 1. The van der Waals surface area contributed by atoms with Crippen LogP contribution in [0.1, 0.15) is 27.6 Å². The maximum atomic E-state index is 9.65. The Kier molecular flexibility index (Phi) is 3.68. The van der Waals surface area contributed by atoms with Gasteiger partial charge in [-0.1, -0.05) is 23.7 Å². The van der Waals surface area contributed by atoms with Gasteiger partial charge in [-0.05, 0) is 43.2 Å². The van der Waals surface area contributed by atoms with Gasteiger partial charge in [0.1, 0.15) is 16.5 Å². The minimum absolute atomic E-state index is 0.139. The smallest absolute Gasteiger partial charge is 0.205 e. The van der Waals surface area contributed by atoms with Gasteiger partial charge in [0.15, 0.2) is 5.75 Å². The lowest BCUT2D eigenvalue weighted by atomic mass is 9.88. The summed E-state index contributed by atoms with van der Waals surface area (Å²) in [5.74, 6) is 0.539. The van der Waals surface area contributed by atoms with Crippen LogP contribution in [0.5, 0.6) is 5.75 Å². The van der Waals surface area contributed by atoms with Gasteiger partial charge in [-0.3, -0.25) is 0 Å². The Morgan fingerprint density at radius 2 is 2.12 bits per heavy atom. The van der Waals surface area contributed by atoms with Gasteiger partial charge in [-0.15, -0.1) is 11.3 Å². The van der Waals surface area contributed by atoms with Gasteiger partial charge in [-0.2, -0.15) is 5.26 Å². The Hall–Kier alpha value is -2.55. The topological polar surface area (TPSA) is 71.9 Å². The minimum atomic E-state index is -0.300. The fourth-order valence-corrected chi connectivity index (χ4v) is 4.84. The number of nitrogens with two attached hydrogens (primary N) is 1. The van der Waals surface area contributed by atoms with Crippen LogP contribution < -0.4 is 10.5 Å². The summed E-state index contributed by atoms with van der Waals surface area (Å²) in [6, 6.07) is 11.7. The van der Waals surface area contributed by atoms with Crippen LogP contribution in [0.25, 0.3) is 10.2 Å². The number of thiophene rings is 1. The Bertz CT molecular complexity index is 1090. The summed E-state index contributed by atoms with van der Waals surface area (Å²) in [5, 5.41) is 11.2. The van der Waals surface area contributed by atoms with Gasteiger partial charge in [0.05, 0.1) is 16.2 Å². The third kappa shape index (κ3) is 2.46. The third-order valence-corrected chi connectivity index (χ3v) is 5.66. The zero-order valence-electron chi connectivity index (χ0n) is 13.6. The number of aryl methyl sites for hydroxylation is 2. The van der Waals surface area contributed by atoms with Crippen LogP contribution in [-0.2, 0) is 0 Å². The van der Waals surface area contributed by atoms with Gasteiger partial charge in [0, 0.05) is 10.7 Å². The highest BCUT2D eigenvalue weighted by atomic mass is 35.5. The van der Waals surface area contributed by atoms with Crippen LogP contribution in [0.4, 0.5) is 0 Å². The minimum Gasteiger partial charge on any atom is -0.439 e. The highest BCUT2D eigenvalue weighted by Crippen LogP contribution is 2.50. The second kappa shape index (κ2) is 5.76. The van der Waals surface area contributed by atoms with E-state index in [9.17, 15) is 5.26 Å². The second-order valence-corrected chi connectivity index (χ2v) is 7.50. The number of halogens is 1. The van der Waals surface area contributed by atoms with Gasteiger partial charge >= 0.3 is 0 Å². The molecule has 124 valence electrons. The fraction of sp³-hybridized carbons (Fsp3) is 0.158. The van der Waals surface area contributed by atoms with Crippen LogP contribution in [-0.4, -0.2) is 4.98 Å². The van der Waals surface area contributed by atoms with E-state index >= 15 is 0 Å². The predicted molar refractivity (Wildman–Crippen MR) is 99.8 cm³/mol. The SMILES string of the molecule is Cc1cc(C)c2c3c(sc2n1)C(c1cccc(Cl)c1)C(C#N)=C(N)O3. The lowest BCUT2D eigenvalue weighted by Crippen LogP contribution is -2.19. The first kappa shape index (κ1) is 15.9. The summed E-state index contributed by atoms with van der Waals surface area (Å²) in [5.41, 5.74) is 9.43. The van der Waals surface area contributed by atoms with E-state index in [1.165, 1.54) is 11.3 Å². The molecule has 1 aromatic carbocycles. The summed E-state index contributed by atoms with van der Waals surface area (Å²) in [6.45, 7) is 4.00. The first-order valence-corrected chi connectivity index (χ1v) is 8.92. The zero-order chi connectivity index (χ0) is 17.7. The molecule has 4 nitrogen and oxygen atoms in total. The molecular weight excluding hydrogens is 354 g/mol. The van der Waals surface area contributed by atoms with Crippen molar-refractivity contribution in [2.75, 3.05) is 0 Å². The maximum absolute atomic E-state index is 9.65. The molecule has 1 unspecified atom stereocenters. The van der Waals surface area contributed by atoms with Gasteiger partial charge in [-0.25, -0.2) is 4.98 Å². The van der Waals surface area contributed by atoms with Gasteiger partial charge in [0.25, 0.3) is 0 Å². The Labute approximate surface area is 154 Å². The lowest BCUT2D eigenvalue weighted by Gasteiger charge is -2.24. The van der Waals surface area contributed by atoms with Crippen molar-refractivity contribution in [1.29, 1.82) is 5.26 Å². The molecule has 3 aromatic rings. The van der Waals surface area contributed by atoms with Crippen molar-refractivity contribution in [3.63, 3.8) is 0 Å². The first-order chi connectivity index (χ1) is 12.0. The van der Waals surface area contributed by atoms with Crippen molar-refractivity contribution in [2.45, 2.75) is 19.8 Å². The molecule has 1 aliphatic rings. The molecule has 0 amide bonds. The first-order valence-electron chi connectivity index (χ1n) is 7.73. The fourth-order valence-electron chi connectivity index (χ4n) is 3.28. The molecular formula is C19H14ClN3OS. The van der Waals surface area contributed by atoms with E-state index in [1.807, 2.05) is 44.2 Å². The van der Waals surface area contributed by atoms with Crippen molar-refractivity contribution in [3.05, 3.63) is 68.5 Å². The Morgan fingerprint density at radius 1 is 1.32 bits per heavy atom. The van der Waals surface area contributed by atoms with Crippen LogP contribution in [0.15, 0.2) is 41.8 Å². The van der Waals surface area contributed by atoms with E-state index in [-0.39, 0.29) is 11.8 Å². The number of nitriles is 1. The molecule has 0 saturated heterocycles. The summed E-state index contributed by atoms with van der Waals surface area (Å²) >= 11 is 7.71. The largest absolute Gasteiger partial charge is 0.439 e. The maximum Gasteiger partial charge on any atom is 0.205 e. The molecule has 6 heteroatoms. The number of pyridine rings is 1. The molecule has 1 atom stereocenters.